The molecule has 1 nitrogen and oxygen atoms in total. The molecule has 1 N–H and O–H groups in total. The number of halogens is 2. The van der Waals surface area contributed by atoms with Gasteiger partial charge in [-0.1, -0.05) is 35.9 Å². The molecule has 0 aliphatic heterocycles. The van der Waals surface area contributed by atoms with E-state index < -0.39 is 0 Å². The largest absolute Gasteiger partial charge is 0.316 e. The maximum absolute atomic E-state index is 13.2. The smallest absolute Gasteiger partial charge is 0.123 e. The molecular weight excluding hydrogens is 237 g/mol. The summed E-state index contributed by atoms with van der Waals surface area (Å²) < 4.78 is 13.2. The SMILES string of the molecule is CNCc1cc(F)ccc1-c1ccccc1Cl. The van der Waals surface area contributed by atoms with Crippen molar-refractivity contribution in [3.8, 4) is 11.1 Å². The summed E-state index contributed by atoms with van der Waals surface area (Å²) in [5, 5.41) is 3.71. The molecule has 0 atom stereocenters. The van der Waals surface area contributed by atoms with Crippen molar-refractivity contribution >= 4 is 11.6 Å². The van der Waals surface area contributed by atoms with Crippen LogP contribution in [0, 0.1) is 5.82 Å². The van der Waals surface area contributed by atoms with Crippen molar-refractivity contribution < 1.29 is 4.39 Å². The van der Waals surface area contributed by atoms with E-state index in [1.54, 1.807) is 6.07 Å². The lowest BCUT2D eigenvalue weighted by Crippen LogP contribution is -2.06. The minimum Gasteiger partial charge on any atom is -0.316 e. The second-order valence-corrected chi connectivity index (χ2v) is 4.22. The summed E-state index contributed by atoms with van der Waals surface area (Å²) in [5.41, 5.74) is 2.80. The Morgan fingerprint density at radius 2 is 1.88 bits per heavy atom. The van der Waals surface area contributed by atoms with Crippen LogP contribution in [0.25, 0.3) is 11.1 Å². The van der Waals surface area contributed by atoms with Crippen LogP contribution in [0.3, 0.4) is 0 Å². The third kappa shape index (κ3) is 2.65. The maximum atomic E-state index is 13.2. The molecule has 0 aliphatic carbocycles. The van der Waals surface area contributed by atoms with Crippen molar-refractivity contribution in [2.24, 2.45) is 0 Å². The standard InChI is InChI=1S/C14H13ClFN/c1-17-9-10-8-11(16)6-7-12(10)13-4-2-3-5-14(13)15/h2-8,17H,9H2,1H3. The van der Waals surface area contributed by atoms with Crippen LogP contribution in [0.5, 0.6) is 0 Å². The fourth-order valence-electron chi connectivity index (χ4n) is 1.84. The van der Waals surface area contributed by atoms with Crippen LogP contribution in [0.2, 0.25) is 5.02 Å². The summed E-state index contributed by atoms with van der Waals surface area (Å²) in [4.78, 5) is 0. The summed E-state index contributed by atoms with van der Waals surface area (Å²) in [7, 11) is 1.83. The number of hydrogen-bond acceptors (Lipinski definition) is 1. The Morgan fingerprint density at radius 1 is 1.12 bits per heavy atom. The number of benzene rings is 2. The first-order valence-corrected chi connectivity index (χ1v) is 5.78. The Hall–Kier alpha value is -1.38. The molecular formula is C14H13ClFN. The molecule has 0 fully saturated rings. The second-order valence-electron chi connectivity index (χ2n) is 3.81. The van der Waals surface area contributed by atoms with Crippen LogP contribution in [-0.4, -0.2) is 7.05 Å². The van der Waals surface area contributed by atoms with E-state index in [2.05, 4.69) is 5.32 Å². The highest BCUT2D eigenvalue weighted by atomic mass is 35.5. The summed E-state index contributed by atoms with van der Waals surface area (Å²) in [6, 6.07) is 12.3. The van der Waals surface area contributed by atoms with E-state index in [4.69, 9.17) is 11.6 Å². The molecule has 0 spiro atoms. The molecule has 0 radical (unpaired) electrons. The normalized spacial score (nSPS) is 10.5. The molecule has 0 aromatic heterocycles. The van der Waals surface area contributed by atoms with Crippen LogP contribution < -0.4 is 5.32 Å². The van der Waals surface area contributed by atoms with Crippen LogP contribution in [0.1, 0.15) is 5.56 Å². The van der Waals surface area contributed by atoms with Crippen molar-refractivity contribution in [1.82, 2.24) is 5.32 Å². The van der Waals surface area contributed by atoms with Crippen LogP contribution >= 0.6 is 11.6 Å². The second kappa shape index (κ2) is 5.30. The van der Waals surface area contributed by atoms with Crippen LogP contribution in [0.4, 0.5) is 4.39 Å². The molecule has 88 valence electrons. The van der Waals surface area contributed by atoms with Crippen molar-refractivity contribution in [2.45, 2.75) is 6.54 Å². The molecule has 2 aromatic rings. The van der Waals surface area contributed by atoms with Crippen molar-refractivity contribution in [3.63, 3.8) is 0 Å². The predicted molar refractivity (Wildman–Crippen MR) is 69.6 cm³/mol. The molecule has 0 unspecified atom stereocenters. The molecule has 2 aromatic carbocycles. The summed E-state index contributed by atoms with van der Waals surface area (Å²) >= 11 is 6.16. The van der Waals surface area contributed by atoms with E-state index in [1.807, 2.05) is 31.3 Å². The van der Waals surface area contributed by atoms with Gasteiger partial charge in [-0.05, 0) is 36.4 Å². The zero-order valence-corrected chi connectivity index (χ0v) is 10.3. The zero-order chi connectivity index (χ0) is 12.3. The van der Waals surface area contributed by atoms with E-state index in [0.717, 1.165) is 16.7 Å². The molecule has 0 aliphatic rings. The highest BCUT2D eigenvalue weighted by Gasteiger charge is 2.08. The zero-order valence-electron chi connectivity index (χ0n) is 9.50. The van der Waals surface area contributed by atoms with E-state index in [9.17, 15) is 4.39 Å². The van der Waals surface area contributed by atoms with Gasteiger partial charge in [-0.3, -0.25) is 0 Å². The average molecular weight is 250 g/mol. The number of hydrogen-bond donors (Lipinski definition) is 1. The maximum Gasteiger partial charge on any atom is 0.123 e. The molecule has 3 heteroatoms. The Morgan fingerprint density at radius 3 is 2.59 bits per heavy atom. The first-order valence-electron chi connectivity index (χ1n) is 5.40. The van der Waals surface area contributed by atoms with Gasteiger partial charge in [0.25, 0.3) is 0 Å². The van der Waals surface area contributed by atoms with E-state index in [0.29, 0.717) is 11.6 Å². The van der Waals surface area contributed by atoms with Gasteiger partial charge in [-0.2, -0.15) is 0 Å². The summed E-state index contributed by atoms with van der Waals surface area (Å²) in [6.07, 6.45) is 0. The topological polar surface area (TPSA) is 12.0 Å². The molecule has 17 heavy (non-hydrogen) atoms. The van der Waals surface area contributed by atoms with Gasteiger partial charge in [-0.25, -0.2) is 4.39 Å². The molecule has 2 rings (SSSR count). The quantitative estimate of drug-likeness (QED) is 0.871. The molecule has 0 saturated heterocycles. The first kappa shape index (κ1) is 12.1. The van der Waals surface area contributed by atoms with E-state index in [-0.39, 0.29) is 5.82 Å². The lowest BCUT2D eigenvalue weighted by atomic mass is 9.99. The first-order chi connectivity index (χ1) is 8.22. The van der Waals surface area contributed by atoms with Gasteiger partial charge in [0.15, 0.2) is 0 Å². The third-order valence-corrected chi connectivity index (χ3v) is 2.93. The Labute approximate surface area is 105 Å². The highest BCUT2D eigenvalue weighted by Crippen LogP contribution is 2.30. The lowest BCUT2D eigenvalue weighted by molar-refractivity contribution is 0.624. The monoisotopic (exact) mass is 249 g/mol. The van der Waals surface area contributed by atoms with Crippen molar-refractivity contribution in [2.75, 3.05) is 7.05 Å². The Kier molecular flexibility index (Phi) is 3.77. The van der Waals surface area contributed by atoms with E-state index >= 15 is 0 Å². The Balaban J connectivity index is 2.55. The van der Waals surface area contributed by atoms with Crippen LogP contribution in [0.15, 0.2) is 42.5 Å². The average Bonchev–Trinajstić information content (AvgIpc) is 2.31. The molecule has 0 amide bonds. The predicted octanol–water partition coefficient (Wildman–Crippen LogP) is 3.87. The summed E-state index contributed by atoms with van der Waals surface area (Å²) in [5.74, 6) is -0.231. The fourth-order valence-corrected chi connectivity index (χ4v) is 2.08. The van der Waals surface area contributed by atoms with Gasteiger partial charge in [0, 0.05) is 17.1 Å². The van der Waals surface area contributed by atoms with Crippen molar-refractivity contribution in [3.05, 3.63) is 58.9 Å². The minimum atomic E-state index is -0.231. The third-order valence-electron chi connectivity index (χ3n) is 2.60. The number of rotatable bonds is 3. The van der Waals surface area contributed by atoms with Gasteiger partial charge in [-0.15, -0.1) is 0 Å². The molecule has 0 heterocycles. The van der Waals surface area contributed by atoms with Gasteiger partial charge in [0.05, 0.1) is 0 Å². The summed E-state index contributed by atoms with van der Waals surface area (Å²) in [6.45, 7) is 0.609. The van der Waals surface area contributed by atoms with Gasteiger partial charge >= 0.3 is 0 Å². The van der Waals surface area contributed by atoms with Crippen molar-refractivity contribution in [1.29, 1.82) is 0 Å². The molecule has 0 saturated carbocycles. The van der Waals surface area contributed by atoms with Gasteiger partial charge in [0.1, 0.15) is 5.82 Å². The lowest BCUT2D eigenvalue weighted by Gasteiger charge is -2.11. The van der Waals surface area contributed by atoms with Crippen LogP contribution in [-0.2, 0) is 6.54 Å². The fraction of sp³-hybridized carbons (Fsp3) is 0.143. The Bertz CT molecular complexity index is 525. The van der Waals surface area contributed by atoms with E-state index in [1.165, 1.54) is 12.1 Å². The minimum absolute atomic E-state index is 0.231. The number of nitrogens with one attached hydrogen (secondary N) is 1. The molecule has 0 bridgehead atoms. The van der Waals surface area contributed by atoms with Gasteiger partial charge in [0.2, 0.25) is 0 Å². The van der Waals surface area contributed by atoms with Gasteiger partial charge < -0.3 is 5.32 Å². The highest BCUT2D eigenvalue weighted by molar-refractivity contribution is 6.33.